The van der Waals surface area contributed by atoms with Crippen molar-refractivity contribution in [3.8, 4) is 0 Å². The number of nitrogens with two attached hydrogens (primary N) is 1. The van der Waals surface area contributed by atoms with E-state index in [1.165, 1.54) is 12.8 Å². The molecule has 3 heteroatoms. The minimum absolute atomic E-state index is 0.970. The molecule has 1 fully saturated rings. The monoisotopic (exact) mass is 170 g/mol. The third-order valence-corrected chi connectivity index (χ3v) is 2.52. The van der Waals surface area contributed by atoms with E-state index < -0.39 is 0 Å². The van der Waals surface area contributed by atoms with E-state index >= 15 is 0 Å². The zero-order valence-corrected chi connectivity index (χ0v) is 8.21. The highest BCUT2D eigenvalue weighted by Crippen LogP contribution is 2.02. The van der Waals surface area contributed by atoms with Gasteiger partial charge in [0.1, 0.15) is 0 Å². The second-order valence-corrected chi connectivity index (χ2v) is 3.22. The van der Waals surface area contributed by atoms with Crippen molar-refractivity contribution in [2.75, 3.05) is 26.2 Å². The lowest BCUT2D eigenvalue weighted by Gasteiger charge is -2.15. The van der Waals surface area contributed by atoms with Crippen LogP contribution in [0.15, 0.2) is 0 Å². The fourth-order valence-electron chi connectivity index (χ4n) is 1.69. The highest BCUT2D eigenvalue weighted by molar-refractivity contribution is 5.72. The molecular formula is C9H20N3+. The van der Waals surface area contributed by atoms with Gasteiger partial charge in [-0.05, 0) is 26.7 Å². The first-order valence-corrected chi connectivity index (χ1v) is 4.92. The smallest absolute Gasteiger partial charge is 0.291 e. The first kappa shape index (κ1) is 9.36. The first-order valence-electron chi connectivity index (χ1n) is 4.92. The highest BCUT2D eigenvalue weighted by Gasteiger charge is 2.17. The molecule has 2 N–H and O–H groups in total. The van der Waals surface area contributed by atoms with Gasteiger partial charge in [-0.25, -0.2) is 0 Å². The van der Waals surface area contributed by atoms with Gasteiger partial charge in [-0.1, -0.05) is 0 Å². The summed E-state index contributed by atoms with van der Waals surface area (Å²) < 4.78 is 2.28. The van der Waals surface area contributed by atoms with Crippen molar-refractivity contribution in [1.29, 1.82) is 0 Å². The van der Waals surface area contributed by atoms with E-state index in [0.717, 1.165) is 32.1 Å². The molecule has 0 aromatic carbocycles. The van der Waals surface area contributed by atoms with Crippen molar-refractivity contribution in [1.82, 2.24) is 4.90 Å². The Hall–Kier alpha value is -0.730. The summed E-state index contributed by atoms with van der Waals surface area (Å²) >= 11 is 0. The van der Waals surface area contributed by atoms with Gasteiger partial charge in [0.25, 0.3) is 0 Å². The van der Waals surface area contributed by atoms with E-state index in [1.54, 1.807) is 0 Å². The van der Waals surface area contributed by atoms with Crippen LogP contribution in [-0.4, -0.2) is 41.6 Å². The Labute approximate surface area is 74.9 Å². The maximum absolute atomic E-state index is 6.01. The van der Waals surface area contributed by atoms with E-state index in [0.29, 0.717) is 0 Å². The standard InChI is InChI=1S/C9H19N3/c1-3-11(4-2)9(10)12-7-5-6-8-12/h10H,3-8H2,1-2H3/p+1. The molecule has 0 unspecified atom stereocenters. The molecule has 3 nitrogen and oxygen atoms in total. The van der Waals surface area contributed by atoms with E-state index in [9.17, 15) is 0 Å². The summed E-state index contributed by atoms with van der Waals surface area (Å²) in [5, 5.41) is 0. The Bertz CT molecular complexity index is 163. The number of hydrogen-bond acceptors (Lipinski definition) is 0. The van der Waals surface area contributed by atoms with Gasteiger partial charge in [0.2, 0.25) is 0 Å². The number of rotatable bonds is 2. The van der Waals surface area contributed by atoms with Crippen LogP contribution in [0.25, 0.3) is 0 Å². The van der Waals surface area contributed by atoms with Gasteiger partial charge in [0.05, 0.1) is 26.2 Å². The summed E-state index contributed by atoms with van der Waals surface area (Å²) in [4.78, 5) is 2.21. The van der Waals surface area contributed by atoms with Crippen molar-refractivity contribution in [3.63, 3.8) is 0 Å². The summed E-state index contributed by atoms with van der Waals surface area (Å²) in [6.45, 7) is 8.60. The molecule has 1 heterocycles. The molecule has 0 amide bonds. The average molecular weight is 170 g/mol. The van der Waals surface area contributed by atoms with Gasteiger partial charge in [-0.2, -0.15) is 0 Å². The van der Waals surface area contributed by atoms with Crippen molar-refractivity contribution in [2.45, 2.75) is 26.7 Å². The number of guanidine groups is 1. The molecule has 1 aliphatic heterocycles. The normalized spacial score (nSPS) is 16.7. The number of nitrogens with zero attached hydrogens (tertiary/aromatic N) is 2. The predicted molar refractivity (Wildman–Crippen MR) is 51.3 cm³/mol. The van der Waals surface area contributed by atoms with E-state index in [4.69, 9.17) is 5.73 Å². The predicted octanol–water partition coefficient (Wildman–Crippen LogP) is 0.449. The van der Waals surface area contributed by atoms with Gasteiger partial charge in [0, 0.05) is 0 Å². The largest absolute Gasteiger partial charge is 0.345 e. The van der Waals surface area contributed by atoms with Gasteiger partial charge in [-0.15, -0.1) is 0 Å². The number of hydrogen-bond donors (Lipinski definition) is 1. The van der Waals surface area contributed by atoms with Gasteiger partial charge >= 0.3 is 5.96 Å². The summed E-state index contributed by atoms with van der Waals surface area (Å²) in [5.74, 6) is 0.970. The Balaban J connectivity index is 2.64. The molecule has 0 radical (unpaired) electrons. The Morgan fingerprint density at radius 3 is 2.17 bits per heavy atom. The highest BCUT2D eigenvalue weighted by atomic mass is 15.3. The zero-order chi connectivity index (χ0) is 8.97. The van der Waals surface area contributed by atoms with E-state index in [1.807, 2.05) is 0 Å². The van der Waals surface area contributed by atoms with Crippen LogP contribution < -0.4 is 5.73 Å². The molecule has 0 saturated carbocycles. The molecule has 12 heavy (non-hydrogen) atoms. The minimum atomic E-state index is 0.970. The van der Waals surface area contributed by atoms with Crippen molar-refractivity contribution < 1.29 is 4.58 Å². The Kier molecular flexibility index (Phi) is 3.38. The first-order chi connectivity index (χ1) is 5.79. The molecular weight excluding hydrogens is 150 g/mol. The summed E-state index contributed by atoms with van der Waals surface area (Å²) in [6.07, 6.45) is 2.59. The van der Waals surface area contributed by atoms with Gasteiger partial charge in [0.15, 0.2) is 0 Å². The Morgan fingerprint density at radius 1 is 1.25 bits per heavy atom. The van der Waals surface area contributed by atoms with Crippen molar-refractivity contribution >= 4 is 5.96 Å². The molecule has 0 bridgehead atoms. The molecule has 0 aromatic rings. The van der Waals surface area contributed by atoms with Crippen LogP contribution in [0.2, 0.25) is 0 Å². The Morgan fingerprint density at radius 2 is 1.75 bits per heavy atom. The fourth-order valence-corrected chi connectivity index (χ4v) is 1.69. The van der Waals surface area contributed by atoms with E-state index in [-0.39, 0.29) is 0 Å². The summed E-state index contributed by atoms with van der Waals surface area (Å²) in [5.41, 5.74) is 6.01. The van der Waals surface area contributed by atoms with Crippen LogP contribution in [0.5, 0.6) is 0 Å². The zero-order valence-electron chi connectivity index (χ0n) is 8.21. The maximum Gasteiger partial charge on any atom is 0.345 e. The molecule has 1 saturated heterocycles. The van der Waals surface area contributed by atoms with Crippen LogP contribution in [-0.2, 0) is 0 Å². The molecule has 0 aliphatic carbocycles. The maximum atomic E-state index is 6.01. The average Bonchev–Trinajstić information content (AvgIpc) is 2.58. The van der Waals surface area contributed by atoms with Crippen molar-refractivity contribution in [2.24, 2.45) is 5.73 Å². The van der Waals surface area contributed by atoms with Crippen molar-refractivity contribution in [3.05, 3.63) is 0 Å². The van der Waals surface area contributed by atoms with Crippen LogP contribution in [0.4, 0.5) is 0 Å². The SMILES string of the molecule is CCN(CC)C(N)=[N+]1CCCC1. The van der Waals surface area contributed by atoms with Crippen LogP contribution in [0.3, 0.4) is 0 Å². The van der Waals surface area contributed by atoms with Crippen LogP contribution in [0, 0.1) is 0 Å². The fraction of sp³-hybridized carbons (Fsp3) is 0.889. The molecule has 0 aromatic heterocycles. The third kappa shape index (κ3) is 1.90. The quantitative estimate of drug-likeness (QED) is 0.482. The topological polar surface area (TPSA) is 32.3 Å². The second kappa shape index (κ2) is 4.33. The van der Waals surface area contributed by atoms with Gasteiger partial charge < -0.3 is 0 Å². The molecule has 1 aliphatic rings. The lowest BCUT2D eigenvalue weighted by Crippen LogP contribution is -2.43. The second-order valence-electron chi connectivity index (χ2n) is 3.22. The lowest BCUT2D eigenvalue weighted by molar-refractivity contribution is -0.512. The molecule has 1 rings (SSSR count). The van der Waals surface area contributed by atoms with Crippen LogP contribution >= 0.6 is 0 Å². The van der Waals surface area contributed by atoms with Gasteiger partial charge in [-0.3, -0.25) is 15.2 Å². The van der Waals surface area contributed by atoms with Crippen LogP contribution in [0.1, 0.15) is 26.7 Å². The minimum Gasteiger partial charge on any atom is -0.291 e. The molecule has 0 spiro atoms. The molecule has 0 atom stereocenters. The lowest BCUT2D eigenvalue weighted by atomic mass is 10.4. The van der Waals surface area contributed by atoms with E-state index in [2.05, 4.69) is 23.3 Å². The molecule has 70 valence electrons. The summed E-state index contributed by atoms with van der Waals surface area (Å²) in [7, 11) is 0. The third-order valence-electron chi connectivity index (χ3n) is 2.52. The summed E-state index contributed by atoms with van der Waals surface area (Å²) in [6, 6.07) is 0.